The molecule has 124 valence electrons. The van der Waals surface area contributed by atoms with E-state index >= 15 is 0 Å². The molecule has 0 aliphatic heterocycles. The standard InChI is InChI=1S/C9H14Cl3O8P/c1-8(2,9(10,11)12)20-7(15)19-6(5(13)14)21(16,17-3)18-4/h6H,1-4H3,(H,13,14). The zero-order chi connectivity index (χ0) is 17.1. The first kappa shape index (κ1) is 20.8. The van der Waals surface area contributed by atoms with E-state index in [4.69, 9.17) is 44.6 Å². The molecule has 0 rings (SSSR count). The number of hydrogen-bond donors (Lipinski definition) is 1. The van der Waals surface area contributed by atoms with Gasteiger partial charge >= 0.3 is 25.6 Å². The van der Waals surface area contributed by atoms with Crippen LogP contribution in [0.2, 0.25) is 0 Å². The predicted octanol–water partition coefficient (Wildman–Crippen LogP) is 3.19. The predicted molar refractivity (Wildman–Crippen MR) is 75.0 cm³/mol. The molecule has 8 nitrogen and oxygen atoms in total. The molecule has 0 heterocycles. The van der Waals surface area contributed by atoms with Gasteiger partial charge in [0.25, 0.3) is 0 Å². The molecule has 0 saturated carbocycles. The highest BCUT2D eigenvalue weighted by molar-refractivity contribution is 7.55. The van der Waals surface area contributed by atoms with Gasteiger partial charge < -0.3 is 23.6 Å². The number of ether oxygens (including phenoxy) is 2. The molecular formula is C9H14Cl3O8P. The molecular weight excluding hydrogens is 373 g/mol. The lowest BCUT2D eigenvalue weighted by Gasteiger charge is -2.31. The van der Waals surface area contributed by atoms with Crippen molar-refractivity contribution in [1.29, 1.82) is 0 Å². The first-order valence-corrected chi connectivity index (χ1v) is 7.95. The lowest BCUT2D eigenvalue weighted by molar-refractivity contribution is -0.145. The van der Waals surface area contributed by atoms with E-state index in [2.05, 4.69) is 13.8 Å². The maximum absolute atomic E-state index is 12.0. The van der Waals surface area contributed by atoms with Gasteiger partial charge in [0.2, 0.25) is 3.79 Å². The van der Waals surface area contributed by atoms with Crippen LogP contribution < -0.4 is 0 Å². The van der Waals surface area contributed by atoms with Crippen LogP contribution in [0.4, 0.5) is 4.79 Å². The quantitative estimate of drug-likeness (QED) is 0.420. The average molecular weight is 388 g/mol. The summed E-state index contributed by atoms with van der Waals surface area (Å²) < 4.78 is 28.0. The molecule has 0 aliphatic rings. The largest absolute Gasteiger partial charge is 0.510 e. The number of halogens is 3. The van der Waals surface area contributed by atoms with Gasteiger partial charge in [0.15, 0.2) is 5.60 Å². The van der Waals surface area contributed by atoms with Gasteiger partial charge in [-0.15, -0.1) is 0 Å². The number of carbonyl (C=O) groups is 2. The molecule has 0 aromatic heterocycles. The van der Waals surface area contributed by atoms with Crippen LogP contribution >= 0.6 is 42.4 Å². The second-order valence-electron chi connectivity index (χ2n) is 4.07. The Bertz CT molecular complexity index is 439. The number of carbonyl (C=O) groups excluding carboxylic acids is 1. The van der Waals surface area contributed by atoms with Gasteiger partial charge in [-0.2, -0.15) is 0 Å². The number of carboxylic acids is 1. The van der Waals surface area contributed by atoms with Crippen LogP contribution in [0.15, 0.2) is 0 Å². The summed E-state index contributed by atoms with van der Waals surface area (Å²) in [5.41, 5.74) is -1.64. The highest BCUT2D eigenvalue weighted by Crippen LogP contribution is 2.52. The number of carboxylic acid groups (broad SMARTS) is 1. The number of alkyl halides is 3. The van der Waals surface area contributed by atoms with Crippen LogP contribution in [-0.2, 0) is 27.9 Å². The van der Waals surface area contributed by atoms with Crippen molar-refractivity contribution in [2.75, 3.05) is 14.2 Å². The molecule has 0 aromatic rings. The summed E-state index contributed by atoms with van der Waals surface area (Å²) in [7, 11) is -2.37. The number of rotatable bonds is 6. The smallest absolute Gasteiger partial charge is 0.478 e. The molecule has 1 N–H and O–H groups in total. The summed E-state index contributed by atoms with van der Waals surface area (Å²) >= 11 is 16.8. The van der Waals surface area contributed by atoms with Crippen LogP contribution in [0.3, 0.4) is 0 Å². The van der Waals surface area contributed by atoms with E-state index < -0.39 is 35.0 Å². The summed E-state index contributed by atoms with van der Waals surface area (Å²) in [6.45, 7) is 2.51. The van der Waals surface area contributed by atoms with Crippen molar-refractivity contribution in [2.45, 2.75) is 29.1 Å². The van der Waals surface area contributed by atoms with Crippen LogP contribution in [0.5, 0.6) is 0 Å². The van der Waals surface area contributed by atoms with Crippen LogP contribution in [0.1, 0.15) is 13.8 Å². The molecule has 0 radical (unpaired) electrons. The van der Waals surface area contributed by atoms with E-state index in [-0.39, 0.29) is 0 Å². The minimum Gasteiger partial charge on any atom is -0.478 e. The zero-order valence-corrected chi connectivity index (χ0v) is 14.6. The highest BCUT2D eigenvalue weighted by atomic mass is 35.6. The zero-order valence-electron chi connectivity index (χ0n) is 11.5. The average Bonchev–Trinajstić information content (AvgIpc) is 2.32. The molecule has 21 heavy (non-hydrogen) atoms. The summed E-state index contributed by atoms with van der Waals surface area (Å²) in [5.74, 6) is -3.99. The van der Waals surface area contributed by atoms with Crippen molar-refractivity contribution >= 4 is 54.5 Å². The van der Waals surface area contributed by atoms with Crippen LogP contribution in [-0.4, -0.2) is 46.7 Å². The molecule has 0 aromatic carbocycles. The van der Waals surface area contributed by atoms with Crippen molar-refractivity contribution in [2.24, 2.45) is 0 Å². The second-order valence-corrected chi connectivity index (χ2v) is 8.63. The van der Waals surface area contributed by atoms with E-state index in [1.54, 1.807) is 0 Å². The molecule has 0 bridgehead atoms. The third kappa shape index (κ3) is 5.47. The Morgan fingerprint density at radius 3 is 1.86 bits per heavy atom. The summed E-state index contributed by atoms with van der Waals surface area (Å²) in [6, 6.07) is 0. The Labute approximate surface area is 136 Å². The van der Waals surface area contributed by atoms with Gasteiger partial charge in [-0.1, -0.05) is 34.8 Å². The Balaban J connectivity index is 5.12. The van der Waals surface area contributed by atoms with E-state index in [0.717, 1.165) is 14.2 Å². The number of aliphatic carboxylic acids is 1. The molecule has 12 heteroatoms. The van der Waals surface area contributed by atoms with Crippen molar-refractivity contribution < 1.29 is 37.8 Å². The molecule has 0 amide bonds. The third-order valence-corrected chi connectivity index (χ3v) is 5.52. The van der Waals surface area contributed by atoms with E-state index in [9.17, 15) is 14.2 Å². The molecule has 0 fully saturated rings. The Morgan fingerprint density at radius 2 is 1.57 bits per heavy atom. The SMILES string of the molecule is COP(=O)(OC)C(OC(=O)OC(C)(C)C(Cl)(Cl)Cl)C(=O)O. The van der Waals surface area contributed by atoms with Gasteiger partial charge in [0.1, 0.15) is 0 Å². The third-order valence-electron chi connectivity index (χ3n) is 2.24. The fourth-order valence-electron chi connectivity index (χ4n) is 0.898. The fraction of sp³-hybridized carbons (Fsp3) is 0.778. The molecule has 1 unspecified atom stereocenters. The van der Waals surface area contributed by atoms with Gasteiger partial charge in [-0.25, -0.2) is 9.59 Å². The van der Waals surface area contributed by atoms with Crippen molar-refractivity contribution in [3.8, 4) is 0 Å². The van der Waals surface area contributed by atoms with Crippen LogP contribution in [0, 0.1) is 0 Å². The topological polar surface area (TPSA) is 108 Å². The minimum absolute atomic E-state index is 0.931. The summed E-state index contributed by atoms with van der Waals surface area (Å²) in [6.07, 6.45) is -1.52. The van der Waals surface area contributed by atoms with Gasteiger partial charge in [-0.3, -0.25) is 4.57 Å². The van der Waals surface area contributed by atoms with Gasteiger partial charge in [0, 0.05) is 14.2 Å². The summed E-state index contributed by atoms with van der Waals surface area (Å²) in [4.78, 5) is 22.6. The second kappa shape index (κ2) is 7.35. The molecule has 1 atom stereocenters. The first-order chi connectivity index (χ1) is 9.30. The first-order valence-electron chi connectivity index (χ1n) is 5.21. The van der Waals surface area contributed by atoms with Crippen LogP contribution in [0.25, 0.3) is 0 Å². The normalized spacial score (nSPS) is 14.4. The maximum atomic E-state index is 12.0. The lowest BCUT2D eigenvalue weighted by atomic mass is 10.2. The molecule has 0 aliphatic carbocycles. The monoisotopic (exact) mass is 386 g/mol. The minimum atomic E-state index is -4.23. The Kier molecular flexibility index (Phi) is 7.27. The van der Waals surface area contributed by atoms with Crippen molar-refractivity contribution in [3.05, 3.63) is 0 Å². The fourth-order valence-corrected chi connectivity index (χ4v) is 2.03. The summed E-state index contributed by atoms with van der Waals surface area (Å²) in [5, 5.41) is 8.93. The van der Waals surface area contributed by atoms with Crippen molar-refractivity contribution in [1.82, 2.24) is 0 Å². The van der Waals surface area contributed by atoms with Crippen molar-refractivity contribution in [3.63, 3.8) is 0 Å². The van der Waals surface area contributed by atoms with E-state index in [0.29, 0.717) is 0 Å². The highest BCUT2D eigenvalue weighted by Gasteiger charge is 2.48. The van der Waals surface area contributed by atoms with E-state index in [1.165, 1.54) is 13.8 Å². The maximum Gasteiger partial charge on any atom is 0.510 e. The van der Waals surface area contributed by atoms with Gasteiger partial charge in [0.05, 0.1) is 0 Å². The molecule has 0 saturated heterocycles. The lowest BCUT2D eigenvalue weighted by Crippen LogP contribution is -2.42. The number of hydrogen-bond acceptors (Lipinski definition) is 7. The Morgan fingerprint density at radius 1 is 1.14 bits per heavy atom. The van der Waals surface area contributed by atoms with Gasteiger partial charge in [-0.05, 0) is 13.8 Å². The van der Waals surface area contributed by atoms with E-state index in [1.807, 2.05) is 0 Å². The molecule has 0 spiro atoms. The Hall–Kier alpha value is -0.240.